The first kappa shape index (κ1) is 37.9. The van der Waals surface area contributed by atoms with Crippen LogP contribution in [0.1, 0.15) is 110 Å². The second kappa shape index (κ2) is 17.7. The smallest absolute Gasteiger partial charge is 0.159 e. The van der Waals surface area contributed by atoms with Crippen molar-refractivity contribution in [3.8, 4) is 17.3 Å². The summed E-state index contributed by atoms with van der Waals surface area (Å²) in [5.74, 6) is 1.21. The van der Waals surface area contributed by atoms with Crippen LogP contribution in [0.4, 0.5) is 9.39 Å². The summed E-state index contributed by atoms with van der Waals surface area (Å²) in [7, 11) is 2.86. The van der Waals surface area contributed by atoms with Gasteiger partial charge in [0.2, 0.25) is 0 Å². The van der Waals surface area contributed by atoms with Crippen molar-refractivity contribution in [3.05, 3.63) is 39.1 Å². The van der Waals surface area contributed by atoms with E-state index in [9.17, 15) is 9.65 Å². The Bertz CT molecular complexity index is 1790. The number of aromatic nitrogens is 1. The van der Waals surface area contributed by atoms with Crippen LogP contribution in [-0.4, -0.2) is 41.5 Å². The molecule has 260 valence electrons. The highest BCUT2D eigenvalue weighted by Gasteiger charge is 2.27. The number of nitrogens with zero attached hydrogens (tertiary/aromatic N) is 4. The van der Waals surface area contributed by atoms with Gasteiger partial charge in [-0.05, 0) is 80.4 Å². The van der Waals surface area contributed by atoms with E-state index in [-0.39, 0.29) is 5.56 Å². The Morgan fingerprint density at radius 1 is 1.23 bits per heavy atom. The number of nitriles is 1. The summed E-state index contributed by atoms with van der Waals surface area (Å²) in [5, 5.41) is 13.6. The number of fused-ring (bicyclic) bond motifs is 2. The third kappa shape index (κ3) is 8.28. The molecule has 0 saturated carbocycles. The maximum Gasteiger partial charge on any atom is 0.159 e. The molecule has 0 radical (unpaired) electrons. The zero-order chi connectivity index (χ0) is 35.0. The van der Waals surface area contributed by atoms with Gasteiger partial charge in [0.1, 0.15) is 16.9 Å². The number of likely N-dealkylation sites (tertiary alicyclic amines) is 1. The summed E-state index contributed by atoms with van der Waals surface area (Å²) in [6.45, 7) is 18.6. The number of hydrogen-bond acceptors (Lipinski definition) is 7. The van der Waals surface area contributed by atoms with E-state index in [0.29, 0.717) is 46.0 Å². The molecule has 0 aliphatic carbocycles. The molecule has 0 bridgehead atoms. The average molecular weight is 694 g/mol. The van der Waals surface area contributed by atoms with E-state index in [1.807, 2.05) is 20.0 Å². The molecule has 48 heavy (non-hydrogen) atoms. The molecule has 2 saturated heterocycles. The van der Waals surface area contributed by atoms with E-state index in [1.54, 1.807) is 0 Å². The first-order valence-corrected chi connectivity index (χ1v) is 18.9. The zero-order valence-electron chi connectivity index (χ0n) is 29.8. The summed E-state index contributed by atoms with van der Waals surface area (Å²) >= 11 is 1.08. The lowest BCUT2D eigenvalue weighted by Crippen LogP contribution is -2.41. The molecule has 7 nitrogen and oxygen atoms in total. The van der Waals surface area contributed by atoms with Crippen molar-refractivity contribution in [2.24, 2.45) is 10.9 Å². The fourth-order valence-corrected chi connectivity index (χ4v) is 8.43. The van der Waals surface area contributed by atoms with E-state index in [2.05, 4.69) is 59.8 Å². The van der Waals surface area contributed by atoms with E-state index in [0.717, 1.165) is 74.9 Å². The number of hydrogen-bond donors (Lipinski definition) is 1. The highest BCUT2D eigenvalue weighted by atomic mass is 32.1. The van der Waals surface area contributed by atoms with E-state index >= 15 is 0 Å². The number of nitrogen functional groups attached to an aromatic ring is 1. The summed E-state index contributed by atoms with van der Waals surface area (Å²) in [6, 6.07) is 2.16. The number of amidine groups is 1. The quantitative estimate of drug-likeness (QED) is 0.169. The van der Waals surface area contributed by atoms with Crippen molar-refractivity contribution in [1.82, 2.24) is 9.88 Å². The lowest BCUT2D eigenvalue weighted by molar-refractivity contribution is 0.0100. The predicted molar refractivity (Wildman–Crippen MR) is 203 cm³/mol. The lowest BCUT2D eigenvalue weighted by atomic mass is 9.93. The number of aliphatic imine (C=N–C) groups is 1. The number of anilines is 1. The number of rotatable bonds is 5. The third-order valence-corrected chi connectivity index (χ3v) is 10.9. The topological polar surface area (TPSA) is 96.8 Å². The van der Waals surface area contributed by atoms with Crippen molar-refractivity contribution in [2.75, 3.05) is 25.4 Å². The first-order chi connectivity index (χ1) is 23.2. The summed E-state index contributed by atoms with van der Waals surface area (Å²) in [6.07, 6.45) is 12.9. The average Bonchev–Trinajstić information content (AvgIpc) is 3.83. The van der Waals surface area contributed by atoms with Crippen molar-refractivity contribution < 1.29 is 13.9 Å². The predicted octanol–water partition coefficient (Wildman–Crippen LogP) is 7.55. The second-order valence-corrected chi connectivity index (χ2v) is 14.5. The molecule has 3 aliphatic heterocycles. The molecule has 3 atom stereocenters. The minimum absolute atomic E-state index is 0.267. The van der Waals surface area contributed by atoms with Crippen LogP contribution in [-0.2, 0) is 22.7 Å². The SMILES string of the molecule is CC.CC(=N/C=c1/c2c(c(-c3ncc(F)c4sc(N)c(C#N)c34)c(P)c1=C(C)C)COC2)N1CCC(C)C1.CCCCC1CCCCO1. The molecule has 3 unspecified atom stereocenters. The Morgan fingerprint density at radius 3 is 2.60 bits per heavy atom. The van der Waals surface area contributed by atoms with Crippen LogP contribution in [0.2, 0.25) is 0 Å². The summed E-state index contributed by atoms with van der Waals surface area (Å²) in [5.41, 5.74) is 11.0. The lowest BCUT2D eigenvalue weighted by Gasteiger charge is -2.21. The van der Waals surface area contributed by atoms with Gasteiger partial charge in [-0.3, -0.25) is 4.98 Å². The van der Waals surface area contributed by atoms with E-state index in [4.69, 9.17) is 20.2 Å². The maximum atomic E-state index is 14.7. The minimum Gasteiger partial charge on any atom is -0.389 e. The molecule has 0 amide bonds. The van der Waals surface area contributed by atoms with Crippen molar-refractivity contribution >= 4 is 58.6 Å². The largest absolute Gasteiger partial charge is 0.389 e. The Hall–Kier alpha value is -2.89. The molecule has 0 spiro atoms. The normalized spacial score (nSPS) is 19.4. The van der Waals surface area contributed by atoms with Gasteiger partial charge >= 0.3 is 0 Å². The Labute approximate surface area is 292 Å². The molecule has 10 heteroatoms. The monoisotopic (exact) mass is 693 g/mol. The molecular formula is C38H53FN5O2PS. The molecule has 3 aromatic rings. The maximum absolute atomic E-state index is 14.7. The van der Waals surface area contributed by atoms with Gasteiger partial charge < -0.3 is 20.1 Å². The second-order valence-electron chi connectivity index (χ2n) is 12.9. The van der Waals surface area contributed by atoms with E-state index < -0.39 is 5.82 Å². The number of unbranched alkanes of at least 4 members (excludes halogenated alkanes) is 1. The van der Waals surface area contributed by atoms with Gasteiger partial charge in [-0.1, -0.05) is 46.1 Å². The zero-order valence-corrected chi connectivity index (χ0v) is 31.8. The Morgan fingerprint density at radius 2 is 1.98 bits per heavy atom. The standard InChI is InChI=1S/C27H29FN5OPS.C9H18O.C2H6/c1-13(2)21-17(8-31-15(4)33-6-5-14(3)10-33)18-11-34-12-19(18)22(25(21)35)24-23-16(7-29)27(30)36-26(23)20(28)9-32-24;1-2-3-6-9-7-4-5-8-10-9;1-2/h8-9,14H,5-6,10-12,30,35H2,1-4H3;9H,2-8H2,1H3;1-2H3/b17-8-,31-15?;;. The number of halogens is 1. The van der Waals surface area contributed by atoms with Gasteiger partial charge in [0.05, 0.1) is 41.5 Å². The molecule has 2 aromatic heterocycles. The van der Waals surface area contributed by atoms with Gasteiger partial charge in [0.15, 0.2) is 5.82 Å². The Kier molecular flexibility index (Phi) is 14.0. The van der Waals surface area contributed by atoms with Gasteiger partial charge in [-0.15, -0.1) is 20.6 Å². The van der Waals surface area contributed by atoms with Crippen LogP contribution in [0, 0.1) is 23.1 Å². The Balaban J connectivity index is 0.000000369. The van der Waals surface area contributed by atoms with Crippen LogP contribution in [0.3, 0.4) is 0 Å². The van der Waals surface area contributed by atoms with Crippen LogP contribution in [0.5, 0.6) is 0 Å². The van der Waals surface area contributed by atoms with Gasteiger partial charge in [-0.2, -0.15) is 5.26 Å². The highest BCUT2D eigenvalue weighted by molar-refractivity contribution is 7.28. The van der Waals surface area contributed by atoms with Gasteiger partial charge in [-0.25, -0.2) is 9.38 Å². The van der Waals surface area contributed by atoms with Gasteiger partial charge in [0.25, 0.3) is 0 Å². The van der Waals surface area contributed by atoms with Crippen LogP contribution in [0.15, 0.2) is 11.2 Å². The van der Waals surface area contributed by atoms with Crippen molar-refractivity contribution in [1.29, 1.82) is 5.26 Å². The van der Waals surface area contributed by atoms with Crippen molar-refractivity contribution in [2.45, 2.75) is 113 Å². The number of pyridine rings is 1. The fourth-order valence-electron chi connectivity index (χ4n) is 6.75. The molecule has 2 N–H and O–H groups in total. The highest BCUT2D eigenvalue weighted by Crippen LogP contribution is 2.41. The van der Waals surface area contributed by atoms with Crippen LogP contribution < -0.4 is 21.5 Å². The van der Waals surface area contributed by atoms with E-state index in [1.165, 1.54) is 51.1 Å². The summed E-state index contributed by atoms with van der Waals surface area (Å²) < 4.78 is 26.6. The molecule has 2 fully saturated rings. The number of ether oxygens (including phenoxy) is 2. The molecule has 1 aromatic carbocycles. The first-order valence-electron chi connectivity index (χ1n) is 17.5. The minimum atomic E-state index is -0.477. The van der Waals surface area contributed by atoms with Crippen LogP contribution in [0.25, 0.3) is 33.1 Å². The fraction of sp³-hybridized carbons (Fsp3) is 0.553. The number of benzene rings is 1. The number of thiophene rings is 1. The van der Waals surface area contributed by atoms with Crippen molar-refractivity contribution in [3.63, 3.8) is 0 Å². The summed E-state index contributed by atoms with van der Waals surface area (Å²) in [4.78, 5) is 11.7. The van der Waals surface area contributed by atoms with Crippen LogP contribution >= 0.6 is 20.6 Å². The molecule has 6 rings (SSSR count). The van der Waals surface area contributed by atoms with Gasteiger partial charge in [0, 0.05) is 42.1 Å². The molecule has 5 heterocycles. The third-order valence-electron chi connectivity index (χ3n) is 9.25. The number of nitrogens with two attached hydrogens (primary N) is 1. The molecular weight excluding hydrogens is 640 g/mol. The molecule has 3 aliphatic rings.